The van der Waals surface area contributed by atoms with Gasteiger partial charge in [-0.15, -0.1) is 0 Å². The summed E-state index contributed by atoms with van der Waals surface area (Å²) >= 11 is 0. The van der Waals surface area contributed by atoms with E-state index >= 15 is 0 Å². The van der Waals surface area contributed by atoms with E-state index in [0.29, 0.717) is 0 Å². The number of rotatable bonds is 2. The Morgan fingerprint density at radius 2 is 2.12 bits per heavy atom. The van der Waals surface area contributed by atoms with Crippen molar-refractivity contribution < 1.29 is 4.57 Å². The highest BCUT2D eigenvalue weighted by atomic mass is 15.0. The van der Waals surface area contributed by atoms with Crippen LogP contribution in [0.3, 0.4) is 0 Å². The highest BCUT2D eigenvalue weighted by molar-refractivity contribution is 5.51. The number of hydrogen-bond acceptors (Lipinski definition) is 0. The van der Waals surface area contributed by atoms with Crippen molar-refractivity contribution in [1.29, 1.82) is 0 Å². The second kappa shape index (κ2) is 3.93. The van der Waals surface area contributed by atoms with E-state index in [9.17, 15) is 0 Å². The molecular weight excluding hydrogens is 196 g/mol. The predicted octanol–water partition coefficient (Wildman–Crippen LogP) is 2.90. The summed E-state index contributed by atoms with van der Waals surface area (Å²) in [5, 5.41) is 0. The monoisotopic (exact) mass is 215 g/mol. The zero-order valence-electron chi connectivity index (χ0n) is 9.89. The quantitative estimate of drug-likeness (QED) is 0.681. The first-order chi connectivity index (χ1) is 7.90. The fourth-order valence-corrected chi connectivity index (χ4v) is 3.04. The summed E-state index contributed by atoms with van der Waals surface area (Å²) < 4.78 is 4.67. The minimum Gasteiger partial charge on any atom is -0.313 e. The van der Waals surface area contributed by atoms with Crippen molar-refractivity contribution >= 4 is 5.52 Å². The van der Waals surface area contributed by atoms with E-state index in [1.54, 1.807) is 5.69 Å². The van der Waals surface area contributed by atoms with Gasteiger partial charge in [-0.1, -0.05) is 12.8 Å². The molecule has 2 heteroatoms. The first-order valence-electron chi connectivity index (χ1n) is 6.39. The lowest BCUT2D eigenvalue weighted by atomic mass is 10.0. The lowest BCUT2D eigenvalue weighted by Crippen LogP contribution is -2.38. The van der Waals surface area contributed by atoms with E-state index in [4.69, 9.17) is 0 Å². The van der Waals surface area contributed by atoms with Crippen LogP contribution in [0.4, 0.5) is 0 Å². The summed E-state index contributed by atoms with van der Waals surface area (Å²) in [5.74, 6) is 0.776. The molecule has 0 unspecified atom stereocenters. The van der Waals surface area contributed by atoms with Gasteiger partial charge in [0.25, 0.3) is 0 Å². The third-order valence-corrected chi connectivity index (χ3v) is 3.84. The van der Waals surface area contributed by atoms with E-state index in [0.717, 1.165) is 12.5 Å². The average Bonchev–Trinajstić information content (AvgIpc) is 2.98. The summed E-state index contributed by atoms with van der Waals surface area (Å²) in [5.41, 5.74) is 2.95. The summed E-state index contributed by atoms with van der Waals surface area (Å²) in [6.45, 7) is 3.31. The molecule has 0 N–H and O–H groups in total. The topological polar surface area (TPSA) is 8.29 Å². The van der Waals surface area contributed by atoms with Gasteiger partial charge in [0, 0.05) is 12.1 Å². The maximum atomic E-state index is 2.42. The number of fused-ring (bicyclic) bond motifs is 1. The Balaban J connectivity index is 2.20. The highest BCUT2D eigenvalue weighted by Crippen LogP contribution is 2.34. The van der Waals surface area contributed by atoms with E-state index in [1.165, 1.54) is 31.2 Å². The van der Waals surface area contributed by atoms with E-state index in [-0.39, 0.29) is 0 Å². The lowest BCUT2D eigenvalue weighted by Gasteiger charge is -2.10. The summed E-state index contributed by atoms with van der Waals surface area (Å²) in [6, 6.07) is 4.40. The molecule has 16 heavy (non-hydrogen) atoms. The smallest absolute Gasteiger partial charge is 0.208 e. The molecule has 0 aliphatic heterocycles. The molecule has 1 aliphatic rings. The van der Waals surface area contributed by atoms with Gasteiger partial charge in [-0.05, 0) is 31.9 Å². The van der Waals surface area contributed by atoms with Crippen molar-refractivity contribution in [2.75, 3.05) is 0 Å². The van der Waals surface area contributed by atoms with Gasteiger partial charge in [0.2, 0.25) is 5.69 Å². The molecule has 1 aliphatic carbocycles. The van der Waals surface area contributed by atoms with Crippen LogP contribution in [0.1, 0.15) is 44.2 Å². The first-order valence-corrected chi connectivity index (χ1v) is 6.39. The largest absolute Gasteiger partial charge is 0.313 e. The molecule has 2 aromatic heterocycles. The second-order valence-corrected chi connectivity index (χ2v) is 4.75. The molecule has 2 heterocycles. The van der Waals surface area contributed by atoms with Crippen LogP contribution in [-0.2, 0) is 6.54 Å². The van der Waals surface area contributed by atoms with Gasteiger partial charge < -0.3 is 4.40 Å². The van der Waals surface area contributed by atoms with Gasteiger partial charge in [-0.2, -0.15) is 4.57 Å². The van der Waals surface area contributed by atoms with Crippen molar-refractivity contribution in [3.63, 3.8) is 0 Å². The Morgan fingerprint density at radius 1 is 1.31 bits per heavy atom. The van der Waals surface area contributed by atoms with Crippen molar-refractivity contribution in [2.24, 2.45) is 0 Å². The van der Waals surface area contributed by atoms with Crippen LogP contribution in [0.25, 0.3) is 5.52 Å². The molecule has 1 fully saturated rings. The van der Waals surface area contributed by atoms with Crippen LogP contribution in [0.2, 0.25) is 0 Å². The minimum absolute atomic E-state index is 0.776. The highest BCUT2D eigenvalue weighted by Gasteiger charge is 2.27. The second-order valence-electron chi connectivity index (χ2n) is 4.75. The molecule has 1 saturated carbocycles. The van der Waals surface area contributed by atoms with Crippen molar-refractivity contribution in [3.05, 3.63) is 36.4 Å². The van der Waals surface area contributed by atoms with Gasteiger partial charge in [-0.25, -0.2) is 0 Å². The SMILES string of the molecule is CC[n+]1ccn2cccc2c1C1CCCC1. The lowest BCUT2D eigenvalue weighted by molar-refractivity contribution is -0.701. The molecule has 0 saturated heterocycles. The molecular formula is C14H19N2+. The third-order valence-electron chi connectivity index (χ3n) is 3.84. The Kier molecular flexibility index (Phi) is 2.43. The van der Waals surface area contributed by atoms with Gasteiger partial charge in [0.1, 0.15) is 12.1 Å². The zero-order valence-corrected chi connectivity index (χ0v) is 9.89. The molecule has 3 rings (SSSR count). The van der Waals surface area contributed by atoms with Crippen LogP contribution >= 0.6 is 0 Å². The number of nitrogens with zero attached hydrogens (tertiary/aromatic N) is 2. The van der Waals surface area contributed by atoms with Crippen molar-refractivity contribution in [1.82, 2.24) is 4.40 Å². The molecule has 84 valence electrons. The van der Waals surface area contributed by atoms with Crippen LogP contribution in [0.15, 0.2) is 30.7 Å². The predicted molar refractivity (Wildman–Crippen MR) is 64.5 cm³/mol. The van der Waals surface area contributed by atoms with Crippen molar-refractivity contribution in [3.8, 4) is 0 Å². The summed E-state index contributed by atoms with van der Waals surface area (Å²) in [7, 11) is 0. The van der Waals surface area contributed by atoms with E-state index in [1.807, 2.05) is 0 Å². The Bertz CT molecular complexity index is 492. The third kappa shape index (κ3) is 1.44. The van der Waals surface area contributed by atoms with Crippen LogP contribution in [0, 0.1) is 0 Å². The first kappa shape index (κ1) is 9.88. The van der Waals surface area contributed by atoms with Crippen LogP contribution in [0.5, 0.6) is 0 Å². The molecule has 0 atom stereocenters. The molecule has 0 radical (unpaired) electrons. The fourth-order valence-electron chi connectivity index (χ4n) is 3.04. The zero-order chi connectivity index (χ0) is 11.0. The normalized spacial score (nSPS) is 17.3. The van der Waals surface area contributed by atoms with Crippen LogP contribution < -0.4 is 4.57 Å². The number of aryl methyl sites for hydroxylation is 1. The molecule has 0 aromatic carbocycles. The van der Waals surface area contributed by atoms with Gasteiger partial charge >= 0.3 is 0 Å². The molecule has 0 amide bonds. The van der Waals surface area contributed by atoms with E-state index in [2.05, 4.69) is 46.6 Å². The maximum Gasteiger partial charge on any atom is 0.208 e. The van der Waals surface area contributed by atoms with Gasteiger partial charge in [0.05, 0.1) is 6.20 Å². The maximum absolute atomic E-state index is 2.42. The Labute approximate surface area is 96.5 Å². The van der Waals surface area contributed by atoms with Gasteiger partial charge in [-0.3, -0.25) is 0 Å². The van der Waals surface area contributed by atoms with Crippen molar-refractivity contribution in [2.45, 2.75) is 45.1 Å². The molecule has 2 aromatic rings. The Hall–Kier alpha value is -1.31. The summed E-state index contributed by atoms with van der Waals surface area (Å²) in [4.78, 5) is 0. The minimum atomic E-state index is 0.776. The number of hydrogen-bond donors (Lipinski definition) is 0. The molecule has 0 bridgehead atoms. The average molecular weight is 215 g/mol. The Morgan fingerprint density at radius 3 is 2.88 bits per heavy atom. The van der Waals surface area contributed by atoms with Crippen LogP contribution in [-0.4, -0.2) is 4.40 Å². The fraction of sp³-hybridized carbons (Fsp3) is 0.500. The number of aromatic nitrogens is 2. The standard InChI is InChI=1S/C14H19N2/c1-2-15-10-11-16-9-5-8-13(16)14(15)12-6-3-4-7-12/h5,8-12H,2-4,6-7H2,1H3/q+1. The molecule has 0 spiro atoms. The van der Waals surface area contributed by atoms with E-state index < -0.39 is 0 Å². The summed E-state index contributed by atoms with van der Waals surface area (Å²) in [6.07, 6.45) is 12.1. The molecule has 2 nitrogen and oxygen atoms in total. The van der Waals surface area contributed by atoms with Gasteiger partial charge in [0.15, 0.2) is 6.20 Å².